The second-order valence-electron chi connectivity index (χ2n) is 4.63. The molecule has 1 aromatic rings. The lowest BCUT2D eigenvalue weighted by atomic mass is 10.1. The number of benzene rings is 1. The monoisotopic (exact) mass is 218 g/mol. The highest BCUT2D eigenvalue weighted by Gasteiger charge is 2.49. The minimum Gasteiger partial charge on any atom is -0.341 e. The third kappa shape index (κ3) is 2.09. The van der Waals surface area contributed by atoms with E-state index in [-0.39, 0.29) is 11.3 Å². The van der Waals surface area contributed by atoms with Crippen molar-refractivity contribution in [3.05, 3.63) is 35.9 Å². The zero-order valence-electron chi connectivity index (χ0n) is 9.65. The Morgan fingerprint density at radius 1 is 1.38 bits per heavy atom. The molecule has 1 aliphatic rings. The van der Waals surface area contributed by atoms with Crippen molar-refractivity contribution in [2.24, 2.45) is 11.1 Å². The van der Waals surface area contributed by atoms with Crippen LogP contribution in [0.2, 0.25) is 0 Å². The fourth-order valence-corrected chi connectivity index (χ4v) is 1.99. The van der Waals surface area contributed by atoms with Crippen LogP contribution < -0.4 is 5.73 Å². The molecule has 0 atom stereocenters. The van der Waals surface area contributed by atoms with E-state index in [1.54, 1.807) is 4.90 Å². The molecule has 1 aliphatic carbocycles. The molecule has 1 aromatic carbocycles. The number of amides is 1. The zero-order valence-corrected chi connectivity index (χ0v) is 9.65. The van der Waals surface area contributed by atoms with Crippen LogP contribution in [0.3, 0.4) is 0 Å². The van der Waals surface area contributed by atoms with Gasteiger partial charge in [0.2, 0.25) is 5.91 Å². The Bertz CT molecular complexity index is 371. The molecule has 0 saturated heterocycles. The standard InChI is InChI=1S/C13H18N2O/c1-15(9-11-5-3-2-4-6-11)12(16)13(10-14)7-8-13/h2-6H,7-10,14H2,1H3. The van der Waals surface area contributed by atoms with Gasteiger partial charge in [-0.15, -0.1) is 0 Å². The maximum absolute atomic E-state index is 12.1. The molecule has 0 spiro atoms. The molecule has 0 heterocycles. The number of carbonyl (C=O) groups is 1. The molecule has 0 aliphatic heterocycles. The van der Waals surface area contributed by atoms with Crippen molar-refractivity contribution in [2.75, 3.05) is 13.6 Å². The fraction of sp³-hybridized carbons (Fsp3) is 0.462. The van der Waals surface area contributed by atoms with Crippen molar-refractivity contribution >= 4 is 5.91 Å². The van der Waals surface area contributed by atoms with Crippen LogP contribution >= 0.6 is 0 Å². The van der Waals surface area contributed by atoms with Crippen molar-refractivity contribution in [3.8, 4) is 0 Å². The average Bonchev–Trinajstić information content (AvgIpc) is 3.10. The van der Waals surface area contributed by atoms with E-state index in [4.69, 9.17) is 5.73 Å². The van der Waals surface area contributed by atoms with E-state index in [1.165, 1.54) is 0 Å². The third-order valence-corrected chi connectivity index (χ3v) is 3.31. The van der Waals surface area contributed by atoms with Gasteiger partial charge < -0.3 is 10.6 Å². The van der Waals surface area contributed by atoms with E-state index < -0.39 is 0 Å². The van der Waals surface area contributed by atoms with Crippen molar-refractivity contribution in [2.45, 2.75) is 19.4 Å². The summed E-state index contributed by atoms with van der Waals surface area (Å²) in [5.74, 6) is 0.193. The Morgan fingerprint density at radius 2 is 2.00 bits per heavy atom. The predicted molar refractivity (Wildman–Crippen MR) is 63.6 cm³/mol. The number of hydrogen-bond donors (Lipinski definition) is 1. The van der Waals surface area contributed by atoms with E-state index in [0.717, 1.165) is 18.4 Å². The van der Waals surface area contributed by atoms with Crippen LogP contribution in [0.25, 0.3) is 0 Å². The lowest BCUT2D eigenvalue weighted by molar-refractivity contribution is -0.135. The van der Waals surface area contributed by atoms with E-state index in [1.807, 2.05) is 37.4 Å². The summed E-state index contributed by atoms with van der Waals surface area (Å²) in [5.41, 5.74) is 6.58. The Balaban J connectivity index is 1.99. The van der Waals surface area contributed by atoms with E-state index >= 15 is 0 Å². The van der Waals surface area contributed by atoms with Gasteiger partial charge in [-0.2, -0.15) is 0 Å². The molecule has 3 heteroatoms. The minimum atomic E-state index is -0.233. The van der Waals surface area contributed by atoms with E-state index in [0.29, 0.717) is 13.1 Å². The normalized spacial score (nSPS) is 16.9. The molecule has 86 valence electrons. The van der Waals surface area contributed by atoms with Crippen molar-refractivity contribution in [3.63, 3.8) is 0 Å². The molecular formula is C13H18N2O. The number of rotatable bonds is 4. The predicted octanol–water partition coefficient (Wildman–Crippen LogP) is 1.38. The van der Waals surface area contributed by atoms with Crippen LogP contribution in [0.4, 0.5) is 0 Å². The topological polar surface area (TPSA) is 46.3 Å². The van der Waals surface area contributed by atoms with Gasteiger partial charge in [-0.1, -0.05) is 30.3 Å². The lowest BCUT2D eigenvalue weighted by Gasteiger charge is -2.22. The Labute approximate surface area is 96.2 Å². The van der Waals surface area contributed by atoms with E-state index in [2.05, 4.69) is 0 Å². The minimum absolute atomic E-state index is 0.193. The zero-order chi connectivity index (χ0) is 11.6. The summed E-state index contributed by atoms with van der Waals surface area (Å²) in [4.78, 5) is 13.9. The molecule has 3 nitrogen and oxygen atoms in total. The van der Waals surface area contributed by atoms with Crippen LogP contribution in [0.5, 0.6) is 0 Å². The Morgan fingerprint density at radius 3 is 2.50 bits per heavy atom. The molecule has 0 bridgehead atoms. The number of nitrogens with two attached hydrogens (primary N) is 1. The van der Waals surface area contributed by atoms with Gasteiger partial charge >= 0.3 is 0 Å². The highest BCUT2D eigenvalue weighted by Crippen LogP contribution is 2.46. The Kier molecular flexibility index (Phi) is 2.97. The summed E-state index contributed by atoms with van der Waals surface area (Å²) in [5, 5.41) is 0. The molecule has 1 amide bonds. The first kappa shape index (κ1) is 11.1. The van der Waals surface area contributed by atoms with Crippen LogP contribution in [-0.4, -0.2) is 24.4 Å². The summed E-state index contributed by atoms with van der Waals surface area (Å²) in [6, 6.07) is 10.0. The number of carbonyl (C=O) groups excluding carboxylic acids is 1. The van der Waals surface area contributed by atoms with Gasteiger partial charge in [0.05, 0.1) is 5.41 Å². The van der Waals surface area contributed by atoms with Gasteiger partial charge in [-0.05, 0) is 18.4 Å². The number of hydrogen-bond acceptors (Lipinski definition) is 2. The fourth-order valence-electron chi connectivity index (χ4n) is 1.99. The molecule has 2 N–H and O–H groups in total. The second kappa shape index (κ2) is 4.26. The molecule has 1 saturated carbocycles. The summed E-state index contributed by atoms with van der Waals surface area (Å²) in [7, 11) is 1.85. The van der Waals surface area contributed by atoms with Gasteiger partial charge in [-0.3, -0.25) is 4.79 Å². The van der Waals surface area contributed by atoms with Gasteiger partial charge in [0.1, 0.15) is 0 Å². The van der Waals surface area contributed by atoms with Crippen LogP contribution in [0.15, 0.2) is 30.3 Å². The maximum atomic E-state index is 12.1. The average molecular weight is 218 g/mol. The Hall–Kier alpha value is -1.35. The molecule has 0 aromatic heterocycles. The van der Waals surface area contributed by atoms with Gasteiger partial charge in [0.15, 0.2) is 0 Å². The highest BCUT2D eigenvalue weighted by molar-refractivity contribution is 5.85. The molecular weight excluding hydrogens is 200 g/mol. The van der Waals surface area contributed by atoms with Crippen LogP contribution in [0, 0.1) is 5.41 Å². The summed E-state index contributed by atoms with van der Waals surface area (Å²) in [6.45, 7) is 1.15. The first-order valence-electron chi connectivity index (χ1n) is 5.67. The molecule has 0 unspecified atom stereocenters. The lowest BCUT2D eigenvalue weighted by Crippen LogP contribution is -2.37. The van der Waals surface area contributed by atoms with Crippen molar-refractivity contribution in [1.82, 2.24) is 4.90 Å². The summed E-state index contributed by atoms with van der Waals surface area (Å²) in [6.07, 6.45) is 1.89. The van der Waals surface area contributed by atoms with Gasteiger partial charge in [0, 0.05) is 20.1 Å². The van der Waals surface area contributed by atoms with Crippen LogP contribution in [0.1, 0.15) is 18.4 Å². The van der Waals surface area contributed by atoms with E-state index in [9.17, 15) is 4.79 Å². The third-order valence-electron chi connectivity index (χ3n) is 3.31. The first-order chi connectivity index (χ1) is 7.68. The molecule has 1 fully saturated rings. The van der Waals surface area contributed by atoms with Gasteiger partial charge in [-0.25, -0.2) is 0 Å². The molecule has 0 radical (unpaired) electrons. The smallest absolute Gasteiger partial charge is 0.230 e. The highest BCUT2D eigenvalue weighted by atomic mass is 16.2. The summed E-state index contributed by atoms with van der Waals surface area (Å²) < 4.78 is 0. The number of nitrogens with zero attached hydrogens (tertiary/aromatic N) is 1. The SMILES string of the molecule is CN(Cc1ccccc1)C(=O)C1(CN)CC1. The largest absolute Gasteiger partial charge is 0.341 e. The molecule has 16 heavy (non-hydrogen) atoms. The molecule has 2 rings (SSSR count). The van der Waals surface area contributed by atoms with Gasteiger partial charge in [0.25, 0.3) is 0 Å². The van der Waals surface area contributed by atoms with Crippen molar-refractivity contribution in [1.29, 1.82) is 0 Å². The summed E-state index contributed by atoms with van der Waals surface area (Å²) >= 11 is 0. The van der Waals surface area contributed by atoms with Crippen LogP contribution in [-0.2, 0) is 11.3 Å². The van der Waals surface area contributed by atoms with Crippen molar-refractivity contribution < 1.29 is 4.79 Å². The first-order valence-corrected chi connectivity index (χ1v) is 5.67. The second-order valence-corrected chi connectivity index (χ2v) is 4.63. The quantitative estimate of drug-likeness (QED) is 0.830. The maximum Gasteiger partial charge on any atom is 0.230 e.